The van der Waals surface area contributed by atoms with E-state index >= 15 is 0 Å². The SMILES string of the molecule is COOCC1Cc2c([nH]c3ccccc23)-c2[nH]c3ccccc3c2CC(N)C(=O)NCC(=O)CNCC(=O)N1. The first-order valence-electron chi connectivity index (χ1n) is 12.8. The van der Waals surface area contributed by atoms with Crippen molar-refractivity contribution in [2.24, 2.45) is 5.73 Å². The van der Waals surface area contributed by atoms with Crippen molar-refractivity contribution in [3.63, 3.8) is 0 Å². The molecule has 3 heterocycles. The van der Waals surface area contributed by atoms with Gasteiger partial charge in [0.05, 0.1) is 50.2 Å². The number of hydrogen-bond acceptors (Lipinski definition) is 7. The van der Waals surface area contributed by atoms with Crippen molar-refractivity contribution >= 4 is 39.4 Å². The summed E-state index contributed by atoms with van der Waals surface area (Å²) >= 11 is 0. The quantitative estimate of drug-likeness (QED) is 0.170. The summed E-state index contributed by atoms with van der Waals surface area (Å²) in [5.41, 5.74) is 11.7. The number of benzene rings is 2. The Labute approximate surface area is 224 Å². The van der Waals surface area contributed by atoms with Crippen molar-refractivity contribution in [2.45, 2.75) is 24.9 Å². The van der Waals surface area contributed by atoms with Gasteiger partial charge in [-0.05, 0) is 36.1 Å². The zero-order valence-electron chi connectivity index (χ0n) is 21.6. The molecular formula is C28H32N6O5. The van der Waals surface area contributed by atoms with E-state index < -0.39 is 18.0 Å². The molecule has 204 valence electrons. The molecule has 11 nitrogen and oxygen atoms in total. The molecule has 0 saturated heterocycles. The van der Waals surface area contributed by atoms with Crippen LogP contribution in [0.3, 0.4) is 0 Å². The zero-order chi connectivity index (χ0) is 27.4. The molecule has 4 aromatic rings. The predicted octanol–water partition coefficient (Wildman–Crippen LogP) is 1.08. The summed E-state index contributed by atoms with van der Waals surface area (Å²) in [7, 11) is 1.42. The summed E-state index contributed by atoms with van der Waals surface area (Å²) < 4.78 is 0. The maximum atomic E-state index is 12.8. The number of para-hydroxylation sites is 2. The summed E-state index contributed by atoms with van der Waals surface area (Å²) in [6, 6.07) is 14.5. The minimum atomic E-state index is -0.877. The van der Waals surface area contributed by atoms with Crippen LogP contribution < -0.4 is 21.7 Å². The van der Waals surface area contributed by atoms with Gasteiger partial charge in [0.2, 0.25) is 11.8 Å². The Morgan fingerprint density at radius 1 is 0.846 bits per heavy atom. The van der Waals surface area contributed by atoms with Crippen molar-refractivity contribution in [1.29, 1.82) is 0 Å². The molecule has 2 unspecified atom stereocenters. The van der Waals surface area contributed by atoms with Crippen LogP contribution in [0.1, 0.15) is 11.1 Å². The normalized spacial score (nSPS) is 19.8. The van der Waals surface area contributed by atoms with Crippen molar-refractivity contribution in [3.8, 4) is 11.4 Å². The molecule has 2 aromatic heterocycles. The van der Waals surface area contributed by atoms with E-state index in [4.69, 9.17) is 15.5 Å². The number of rotatable bonds is 3. The molecule has 2 amide bonds. The third-order valence-electron chi connectivity index (χ3n) is 6.91. The summed E-state index contributed by atoms with van der Waals surface area (Å²) in [6.07, 6.45) is 0.675. The van der Waals surface area contributed by atoms with Gasteiger partial charge in [0.15, 0.2) is 5.78 Å². The number of fused-ring (bicyclic) bond motifs is 7. The molecule has 2 aromatic carbocycles. The van der Waals surface area contributed by atoms with Crippen LogP contribution in [0.4, 0.5) is 0 Å². The topological polar surface area (TPSA) is 163 Å². The second-order valence-corrected chi connectivity index (χ2v) is 9.64. The maximum Gasteiger partial charge on any atom is 0.237 e. The molecule has 0 saturated carbocycles. The Morgan fingerprint density at radius 3 is 2.10 bits per heavy atom. The molecule has 39 heavy (non-hydrogen) atoms. The van der Waals surface area contributed by atoms with Gasteiger partial charge in [0.1, 0.15) is 6.61 Å². The molecule has 2 atom stereocenters. The Kier molecular flexibility index (Phi) is 8.03. The second kappa shape index (κ2) is 11.8. The standard InChI is InChI=1S/C28H32N6O5/c1-38-39-15-16-10-20-18-6-2-4-8-23(18)33-26(20)27-21(19-7-3-5-9-24(19)34-27)11-22(29)28(37)31-13-17(35)12-30-14-25(36)32-16/h2-9,16,22,30,33-34H,10-15,29H2,1H3,(H,31,37)(H,32,36). The lowest BCUT2D eigenvalue weighted by Crippen LogP contribution is -2.46. The lowest BCUT2D eigenvalue weighted by molar-refractivity contribution is -0.275. The van der Waals surface area contributed by atoms with Crippen molar-refractivity contribution in [3.05, 3.63) is 59.7 Å². The molecule has 0 spiro atoms. The Balaban J connectivity index is 1.65. The third kappa shape index (κ3) is 5.86. The average Bonchev–Trinajstić information content (AvgIpc) is 3.48. The van der Waals surface area contributed by atoms with E-state index in [1.54, 1.807) is 0 Å². The van der Waals surface area contributed by atoms with Crippen LogP contribution in [0.5, 0.6) is 0 Å². The highest BCUT2D eigenvalue weighted by Crippen LogP contribution is 2.36. The van der Waals surface area contributed by atoms with E-state index in [-0.39, 0.29) is 44.4 Å². The van der Waals surface area contributed by atoms with E-state index in [0.717, 1.165) is 44.3 Å². The number of aromatic nitrogens is 2. The number of hydrogen-bond donors (Lipinski definition) is 6. The van der Waals surface area contributed by atoms with Crippen molar-refractivity contribution in [2.75, 3.05) is 33.4 Å². The Bertz CT molecular complexity index is 1510. The fourth-order valence-electron chi connectivity index (χ4n) is 5.09. The van der Waals surface area contributed by atoms with Crippen LogP contribution >= 0.6 is 0 Å². The van der Waals surface area contributed by atoms with Crippen molar-refractivity contribution < 1.29 is 24.2 Å². The number of ketones is 1. The highest BCUT2D eigenvalue weighted by molar-refractivity contribution is 5.97. The fourth-order valence-corrected chi connectivity index (χ4v) is 5.09. The monoisotopic (exact) mass is 532 g/mol. The molecular weight excluding hydrogens is 500 g/mol. The summed E-state index contributed by atoms with van der Waals surface area (Å²) in [6.45, 7) is -0.210. The molecule has 1 aliphatic rings. The average molecular weight is 533 g/mol. The van der Waals surface area contributed by atoms with Crippen LogP contribution in [-0.4, -0.2) is 73.0 Å². The van der Waals surface area contributed by atoms with Gasteiger partial charge < -0.3 is 31.7 Å². The van der Waals surface area contributed by atoms with E-state index in [1.807, 2.05) is 48.5 Å². The van der Waals surface area contributed by atoms with E-state index in [0.29, 0.717) is 6.42 Å². The highest BCUT2D eigenvalue weighted by Gasteiger charge is 2.26. The minimum absolute atomic E-state index is 0.0681. The molecule has 0 aliphatic carbocycles. The number of aromatic amines is 2. The summed E-state index contributed by atoms with van der Waals surface area (Å²) in [5, 5.41) is 10.4. The number of H-pyrrole nitrogens is 2. The first-order chi connectivity index (χ1) is 18.9. The van der Waals surface area contributed by atoms with Gasteiger partial charge in [-0.1, -0.05) is 36.4 Å². The zero-order valence-corrected chi connectivity index (χ0v) is 21.6. The smallest absolute Gasteiger partial charge is 0.237 e. The third-order valence-corrected chi connectivity index (χ3v) is 6.91. The largest absolute Gasteiger partial charge is 0.353 e. The summed E-state index contributed by atoms with van der Waals surface area (Å²) in [4.78, 5) is 55.0. The molecule has 11 heteroatoms. The fraction of sp³-hybridized carbons (Fsp3) is 0.321. The highest BCUT2D eigenvalue weighted by atomic mass is 17.2. The predicted molar refractivity (Wildman–Crippen MR) is 147 cm³/mol. The van der Waals surface area contributed by atoms with Crippen LogP contribution in [0, 0.1) is 0 Å². The summed E-state index contributed by atoms with van der Waals surface area (Å²) in [5.74, 6) is -0.980. The van der Waals surface area contributed by atoms with Crippen LogP contribution in [0.2, 0.25) is 0 Å². The number of carbonyl (C=O) groups excluding carboxylic acids is 3. The maximum absolute atomic E-state index is 12.8. The lowest BCUT2D eigenvalue weighted by Gasteiger charge is -2.19. The minimum Gasteiger partial charge on any atom is -0.353 e. The van der Waals surface area contributed by atoms with E-state index in [9.17, 15) is 14.4 Å². The van der Waals surface area contributed by atoms with Gasteiger partial charge >= 0.3 is 0 Å². The molecule has 1 aliphatic heterocycles. The lowest BCUT2D eigenvalue weighted by atomic mass is 9.96. The van der Waals surface area contributed by atoms with Gasteiger partial charge in [-0.2, -0.15) is 0 Å². The number of Topliss-reactive ketones (excluding diaryl/α,β-unsaturated/α-hetero) is 1. The van der Waals surface area contributed by atoms with E-state index in [1.165, 1.54) is 7.11 Å². The first kappa shape index (κ1) is 26.6. The van der Waals surface area contributed by atoms with E-state index in [2.05, 4.69) is 25.9 Å². The van der Waals surface area contributed by atoms with Gasteiger partial charge in [-0.15, -0.1) is 0 Å². The van der Waals surface area contributed by atoms with Gasteiger partial charge in [0, 0.05) is 21.8 Å². The number of amides is 2. The molecule has 0 bridgehead atoms. The molecule has 7 N–H and O–H groups in total. The Hall–Kier alpha value is -4.03. The van der Waals surface area contributed by atoms with Crippen LogP contribution in [0.15, 0.2) is 48.5 Å². The van der Waals surface area contributed by atoms with Gasteiger partial charge in [-0.3, -0.25) is 14.4 Å². The molecule has 0 radical (unpaired) electrons. The number of nitrogens with two attached hydrogens (primary N) is 1. The molecule has 0 fully saturated rings. The number of nitrogens with one attached hydrogen (secondary N) is 5. The van der Waals surface area contributed by atoms with Crippen LogP contribution in [0.25, 0.3) is 33.2 Å². The van der Waals surface area contributed by atoms with Gasteiger partial charge in [0.25, 0.3) is 0 Å². The first-order valence-corrected chi connectivity index (χ1v) is 12.8. The molecule has 5 rings (SSSR count). The van der Waals surface area contributed by atoms with Crippen LogP contribution in [-0.2, 0) is 37.0 Å². The Morgan fingerprint density at radius 2 is 1.46 bits per heavy atom. The second-order valence-electron chi connectivity index (χ2n) is 9.64. The number of carbonyl (C=O) groups is 3. The van der Waals surface area contributed by atoms with Crippen molar-refractivity contribution in [1.82, 2.24) is 25.9 Å². The van der Waals surface area contributed by atoms with Gasteiger partial charge in [-0.25, -0.2) is 9.78 Å².